The fourth-order valence-electron chi connectivity index (χ4n) is 1.84. The molecule has 0 fully saturated rings. The predicted octanol–water partition coefficient (Wildman–Crippen LogP) is 2.12. The van der Waals surface area contributed by atoms with Gasteiger partial charge in [-0.05, 0) is 38.5 Å². The molecule has 0 aromatic carbocycles. The first-order chi connectivity index (χ1) is 8.30. The van der Waals surface area contributed by atoms with Gasteiger partial charge in [0.05, 0.1) is 11.4 Å². The third-order valence-corrected chi connectivity index (χ3v) is 4.13. The molecule has 0 saturated carbocycles. The van der Waals surface area contributed by atoms with Crippen LogP contribution in [0.4, 0.5) is 0 Å². The summed E-state index contributed by atoms with van der Waals surface area (Å²) in [4.78, 5) is 4.22. The van der Waals surface area contributed by atoms with Crippen molar-refractivity contribution in [3.05, 3.63) is 35.3 Å². The third kappa shape index (κ3) is 2.26. The zero-order valence-corrected chi connectivity index (χ0v) is 11.7. The predicted molar refractivity (Wildman–Crippen MR) is 68.6 cm³/mol. The van der Waals surface area contributed by atoms with Crippen LogP contribution in [0, 0.1) is 20.8 Å². The van der Waals surface area contributed by atoms with Crippen molar-refractivity contribution in [1.29, 1.82) is 0 Å². The van der Waals surface area contributed by atoms with Crippen molar-refractivity contribution in [1.82, 2.24) is 14.8 Å². The van der Waals surface area contributed by atoms with Crippen molar-refractivity contribution < 1.29 is 8.42 Å². The Bertz CT molecular complexity index is 707. The standard InChI is InChI=1S/C11H12ClN3O2S/c1-7-4-5-13-10(6-7)15-9(3)11(8(2)14-15)18(12,16)17/h4-6H,1-3H3. The lowest BCUT2D eigenvalue weighted by atomic mass is 10.3. The van der Waals surface area contributed by atoms with E-state index in [4.69, 9.17) is 10.7 Å². The highest BCUT2D eigenvalue weighted by molar-refractivity contribution is 8.13. The smallest absolute Gasteiger partial charge is 0.237 e. The first-order valence-corrected chi connectivity index (χ1v) is 7.55. The van der Waals surface area contributed by atoms with Gasteiger partial charge in [-0.25, -0.2) is 18.1 Å². The van der Waals surface area contributed by atoms with Gasteiger partial charge in [0.25, 0.3) is 9.05 Å². The molecule has 7 heteroatoms. The molecule has 2 aromatic heterocycles. The van der Waals surface area contributed by atoms with Crippen LogP contribution in [-0.2, 0) is 9.05 Å². The fourth-order valence-corrected chi connectivity index (χ4v) is 3.34. The molecule has 0 atom stereocenters. The number of aryl methyl sites for hydroxylation is 2. The molecular formula is C11H12ClN3O2S. The van der Waals surface area contributed by atoms with Crippen LogP contribution in [0.15, 0.2) is 23.2 Å². The maximum atomic E-state index is 11.5. The van der Waals surface area contributed by atoms with Gasteiger partial charge in [0, 0.05) is 16.9 Å². The van der Waals surface area contributed by atoms with E-state index in [1.165, 1.54) is 4.68 Å². The summed E-state index contributed by atoms with van der Waals surface area (Å²) >= 11 is 0. The summed E-state index contributed by atoms with van der Waals surface area (Å²) in [6, 6.07) is 3.68. The molecule has 0 aliphatic rings. The summed E-state index contributed by atoms with van der Waals surface area (Å²) in [5.74, 6) is 0.571. The van der Waals surface area contributed by atoms with Crippen molar-refractivity contribution in [2.24, 2.45) is 0 Å². The van der Waals surface area contributed by atoms with Gasteiger partial charge in [-0.15, -0.1) is 0 Å². The number of aromatic nitrogens is 3. The normalized spacial score (nSPS) is 11.8. The average Bonchev–Trinajstić information content (AvgIpc) is 2.53. The van der Waals surface area contributed by atoms with Crippen LogP contribution in [0.5, 0.6) is 0 Å². The van der Waals surface area contributed by atoms with E-state index >= 15 is 0 Å². The molecule has 5 nitrogen and oxygen atoms in total. The number of rotatable bonds is 2. The maximum Gasteiger partial charge on any atom is 0.264 e. The molecule has 0 bridgehead atoms. The zero-order chi connectivity index (χ0) is 13.5. The minimum absolute atomic E-state index is 0.0486. The van der Waals surface area contributed by atoms with E-state index in [2.05, 4.69) is 10.1 Å². The molecule has 2 heterocycles. The zero-order valence-electron chi connectivity index (χ0n) is 10.2. The van der Waals surface area contributed by atoms with Crippen LogP contribution < -0.4 is 0 Å². The Labute approximate surface area is 110 Å². The highest BCUT2D eigenvalue weighted by Crippen LogP contribution is 2.24. The summed E-state index contributed by atoms with van der Waals surface area (Å²) in [5.41, 5.74) is 1.84. The first-order valence-electron chi connectivity index (χ1n) is 5.24. The molecule has 0 N–H and O–H groups in total. The number of nitrogens with zero attached hydrogens (tertiary/aromatic N) is 3. The maximum absolute atomic E-state index is 11.5. The van der Waals surface area contributed by atoms with Crippen molar-refractivity contribution in [2.75, 3.05) is 0 Å². The Morgan fingerprint density at radius 2 is 1.94 bits per heavy atom. The largest absolute Gasteiger partial charge is 0.264 e. The molecule has 0 aliphatic heterocycles. The van der Waals surface area contributed by atoms with Gasteiger partial charge in [0.2, 0.25) is 0 Å². The lowest BCUT2D eigenvalue weighted by molar-refractivity contribution is 0.608. The van der Waals surface area contributed by atoms with Gasteiger partial charge >= 0.3 is 0 Å². The molecule has 0 spiro atoms. The van der Waals surface area contributed by atoms with Crippen LogP contribution >= 0.6 is 10.7 Å². The van der Waals surface area contributed by atoms with Gasteiger partial charge in [0.15, 0.2) is 5.82 Å². The van der Waals surface area contributed by atoms with Crippen molar-refractivity contribution in [3.8, 4) is 5.82 Å². The van der Waals surface area contributed by atoms with Crippen LogP contribution in [-0.4, -0.2) is 23.2 Å². The summed E-state index contributed by atoms with van der Waals surface area (Å²) in [6.45, 7) is 5.18. The van der Waals surface area contributed by atoms with Gasteiger partial charge in [-0.2, -0.15) is 5.10 Å². The number of hydrogen-bond donors (Lipinski definition) is 0. The Morgan fingerprint density at radius 3 is 2.44 bits per heavy atom. The van der Waals surface area contributed by atoms with Crippen LogP contribution in [0.2, 0.25) is 0 Å². The van der Waals surface area contributed by atoms with Gasteiger partial charge in [-0.3, -0.25) is 0 Å². The molecule has 0 unspecified atom stereocenters. The summed E-state index contributed by atoms with van der Waals surface area (Å²) in [6.07, 6.45) is 1.65. The number of hydrogen-bond acceptors (Lipinski definition) is 4. The first kappa shape index (κ1) is 13.0. The fraction of sp³-hybridized carbons (Fsp3) is 0.273. The Hall–Kier alpha value is -1.40. The van der Waals surface area contributed by atoms with E-state index < -0.39 is 9.05 Å². The lowest BCUT2D eigenvalue weighted by Crippen LogP contribution is -2.03. The molecule has 18 heavy (non-hydrogen) atoms. The summed E-state index contributed by atoms with van der Waals surface area (Å²) in [5, 5.41) is 4.18. The van der Waals surface area contributed by atoms with Crippen LogP contribution in [0.1, 0.15) is 17.0 Å². The monoisotopic (exact) mass is 285 g/mol. The highest BCUT2D eigenvalue weighted by atomic mass is 35.7. The summed E-state index contributed by atoms with van der Waals surface area (Å²) < 4.78 is 24.4. The SMILES string of the molecule is Cc1ccnc(-n2nc(C)c(S(=O)(=O)Cl)c2C)c1. The lowest BCUT2D eigenvalue weighted by Gasteiger charge is -2.04. The van der Waals surface area contributed by atoms with E-state index in [1.54, 1.807) is 20.0 Å². The molecule has 2 rings (SSSR count). The van der Waals surface area contributed by atoms with Crippen molar-refractivity contribution in [2.45, 2.75) is 25.7 Å². The molecular weight excluding hydrogens is 274 g/mol. The molecule has 0 aliphatic carbocycles. The molecule has 0 saturated heterocycles. The molecule has 2 aromatic rings. The second-order valence-corrected chi connectivity index (χ2v) is 6.54. The van der Waals surface area contributed by atoms with Gasteiger partial charge < -0.3 is 0 Å². The second kappa shape index (κ2) is 4.37. The van der Waals surface area contributed by atoms with E-state index in [0.29, 0.717) is 17.2 Å². The van der Waals surface area contributed by atoms with E-state index in [9.17, 15) is 8.42 Å². The summed E-state index contributed by atoms with van der Waals surface area (Å²) in [7, 11) is 1.60. The number of pyridine rings is 1. The topological polar surface area (TPSA) is 64.8 Å². The molecule has 96 valence electrons. The van der Waals surface area contributed by atoms with Crippen molar-refractivity contribution >= 4 is 19.7 Å². The second-order valence-electron chi connectivity index (χ2n) is 4.04. The van der Waals surface area contributed by atoms with Gasteiger partial charge in [0.1, 0.15) is 4.90 Å². The Morgan fingerprint density at radius 1 is 1.28 bits per heavy atom. The minimum Gasteiger partial charge on any atom is -0.237 e. The average molecular weight is 286 g/mol. The number of halogens is 1. The van der Waals surface area contributed by atoms with E-state index in [-0.39, 0.29) is 4.90 Å². The quantitative estimate of drug-likeness (QED) is 0.793. The third-order valence-electron chi connectivity index (χ3n) is 2.59. The minimum atomic E-state index is -3.80. The Balaban J connectivity index is 2.69. The van der Waals surface area contributed by atoms with E-state index in [1.807, 2.05) is 19.1 Å². The Kier molecular flexibility index (Phi) is 3.16. The van der Waals surface area contributed by atoms with Crippen molar-refractivity contribution in [3.63, 3.8) is 0 Å². The van der Waals surface area contributed by atoms with Crippen LogP contribution in [0.25, 0.3) is 5.82 Å². The molecule has 0 amide bonds. The van der Waals surface area contributed by atoms with Crippen LogP contribution in [0.3, 0.4) is 0 Å². The van der Waals surface area contributed by atoms with E-state index in [0.717, 1.165) is 5.56 Å². The highest BCUT2D eigenvalue weighted by Gasteiger charge is 2.23. The molecule has 0 radical (unpaired) electrons. The van der Waals surface area contributed by atoms with Gasteiger partial charge in [-0.1, -0.05) is 0 Å².